The summed E-state index contributed by atoms with van der Waals surface area (Å²) in [5.74, 6) is 1.03. The number of benzene rings is 1. The fraction of sp³-hybridized carbons (Fsp3) is 0.389. The van der Waals surface area contributed by atoms with Gasteiger partial charge in [-0.05, 0) is 24.6 Å². The minimum absolute atomic E-state index is 0.228. The standard InChI is InChI=1S/C18H22FN5O/c1-4-16-14(17(5-2)25-24-16)11-23-18(21-3)22-10-13-8-12(9-20)6-7-15(13)19/h6-8H,4-5,10-11H2,1-3H3,(H2,21,22,23). The zero-order chi connectivity index (χ0) is 18.2. The van der Waals surface area contributed by atoms with Crippen LogP contribution in [0.3, 0.4) is 0 Å². The van der Waals surface area contributed by atoms with Gasteiger partial charge in [0.2, 0.25) is 0 Å². The van der Waals surface area contributed by atoms with E-state index in [1.807, 2.05) is 19.9 Å². The van der Waals surface area contributed by atoms with Crippen LogP contribution in [0.4, 0.5) is 4.39 Å². The second-order valence-corrected chi connectivity index (χ2v) is 5.44. The minimum atomic E-state index is -0.359. The Morgan fingerprint density at radius 2 is 2.04 bits per heavy atom. The van der Waals surface area contributed by atoms with E-state index in [1.54, 1.807) is 7.05 Å². The van der Waals surface area contributed by atoms with Gasteiger partial charge >= 0.3 is 0 Å². The molecule has 0 atom stereocenters. The van der Waals surface area contributed by atoms with E-state index < -0.39 is 0 Å². The molecule has 2 rings (SSSR count). The normalized spacial score (nSPS) is 11.2. The number of rotatable bonds is 6. The van der Waals surface area contributed by atoms with Crippen molar-refractivity contribution in [2.75, 3.05) is 7.05 Å². The predicted molar refractivity (Wildman–Crippen MR) is 93.4 cm³/mol. The smallest absolute Gasteiger partial charge is 0.191 e. The molecule has 1 aromatic carbocycles. The predicted octanol–water partition coefficient (Wildman–Crippen LogP) is 2.68. The van der Waals surface area contributed by atoms with Gasteiger partial charge < -0.3 is 15.2 Å². The Morgan fingerprint density at radius 1 is 1.28 bits per heavy atom. The third kappa shape index (κ3) is 4.57. The molecule has 0 aliphatic rings. The van der Waals surface area contributed by atoms with Crippen molar-refractivity contribution in [2.45, 2.75) is 39.8 Å². The summed E-state index contributed by atoms with van der Waals surface area (Å²) in [6.45, 7) is 4.79. The Morgan fingerprint density at radius 3 is 2.68 bits per heavy atom. The van der Waals surface area contributed by atoms with Crippen molar-refractivity contribution in [1.29, 1.82) is 5.26 Å². The molecule has 0 bridgehead atoms. The lowest BCUT2D eigenvalue weighted by Crippen LogP contribution is -2.36. The van der Waals surface area contributed by atoms with Crippen molar-refractivity contribution in [3.8, 4) is 6.07 Å². The van der Waals surface area contributed by atoms with E-state index in [-0.39, 0.29) is 12.4 Å². The first-order chi connectivity index (χ1) is 12.1. The highest BCUT2D eigenvalue weighted by Crippen LogP contribution is 2.15. The number of hydrogen-bond acceptors (Lipinski definition) is 4. The van der Waals surface area contributed by atoms with E-state index in [4.69, 9.17) is 9.78 Å². The fourth-order valence-corrected chi connectivity index (χ4v) is 2.49. The molecule has 0 amide bonds. The molecule has 0 aliphatic carbocycles. The lowest BCUT2D eigenvalue weighted by molar-refractivity contribution is 0.380. The van der Waals surface area contributed by atoms with Crippen LogP contribution in [0.15, 0.2) is 27.7 Å². The first kappa shape index (κ1) is 18.5. The molecule has 1 heterocycles. The lowest BCUT2D eigenvalue weighted by atomic mass is 10.1. The molecule has 2 N–H and O–H groups in total. The highest BCUT2D eigenvalue weighted by atomic mass is 19.1. The average Bonchev–Trinajstić information content (AvgIpc) is 3.05. The van der Waals surface area contributed by atoms with Gasteiger partial charge in [-0.3, -0.25) is 4.99 Å². The zero-order valence-corrected chi connectivity index (χ0v) is 14.7. The van der Waals surface area contributed by atoms with E-state index >= 15 is 0 Å². The van der Waals surface area contributed by atoms with Gasteiger partial charge in [-0.1, -0.05) is 19.0 Å². The zero-order valence-electron chi connectivity index (χ0n) is 14.7. The Bertz CT molecular complexity index is 770. The highest BCUT2D eigenvalue weighted by molar-refractivity contribution is 5.79. The number of guanidine groups is 1. The van der Waals surface area contributed by atoms with Gasteiger partial charge in [-0.15, -0.1) is 0 Å². The maximum absolute atomic E-state index is 13.8. The Kier molecular flexibility index (Phi) is 6.52. The van der Waals surface area contributed by atoms with Crippen LogP contribution in [0.2, 0.25) is 0 Å². The van der Waals surface area contributed by atoms with Gasteiger partial charge in [0.05, 0.1) is 17.3 Å². The maximum atomic E-state index is 13.8. The summed E-state index contributed by atoms with van der Waals surface area (Å²) in [5, 5.41) is 19.2. The highest BCUT2D eigenvalue weighted by Gasteiger charge is 2.13. The summed E-state index contributed by atoms with van der Waals surface area (Å²) in [5.41, 5.74) is 2.79. The third-order valence-electron chi connectivity index (χ3n) is 3.88. The minimum Gasteiger partial charge on any atom is -0.361 e. The number of nitrogens with one attached hydrogen (secondary N) is 2. The Balaban J connectivity index is 2.00. The molecule has 0 fully saturated rings. The molecule has 0 radical (unpaired) electrons. The van der Waals surface area contributed by atoms with Crippen molar-refractivity contribution in [3.05, 3.63) is 52.2 Å². The molecule has 0 aliphatic heterocycles. The summed E-state index contributed by atoms with van der Waals surface area (Å²) < 4.78 is 19.2. The maximum Gasteiger partial charge on any atom is 0.191 e. The molecular formula is C18H22FN5O. The summed E-state index contributed by atoms with van der Waals surface area (Å²) in [6.07, 6.45) is 1.56. The van der Waals surface area contributed by atoms with Crippen LogP contribution in [-0.4, -0.2) is 18.2 Å². The summed E-state index contributed by atoms with van der Waals surface area (Å²) in [6, 6.07) is 6.29. The van der Waals surface area contributed by atoms with E-state index in [2.05, 4.69) is 20.8 Å². The molecule has 0 saturated carbocycles. The molecule has 0 unspecified atom stereocenters. The van der Waals surface area contributed by atoms with E-state index in [9.17, 15) is 4.39 Å². The van der Waals surface area contributed by atoms with Crippen molar-refractivity contribution in [1.82, 2.24) is 15.8 Å². The van der Waals surface area contributed by atoms with Crippen molar-refractivity contribution >= 4 is 5.96 Å². The van der Waals surface area contributed by atoms with Gasteiger partial charge in [-0.25, -0.2) is 4.39 Å². The van der Waals surface area contributed by atoms with E-state index in [0.717, 1.165) is 29.9 Å². The molecule has 7 heteroatoms. The lowest BCUT2D eigenvalue weighted by Gasteiger charge is -2.13. The first-order valence-corrected chi connectivity index (χ1v) is 8.22. The van der Waals surface area contributed by atoms with Crippen molar-refractivity contribution in [2.24, 2.45) is 4.99 Å². The monoisotopic (exact) mass is 343 g/mol. The first-order valence-electron chi connectivity index (χ1n) is 8.22. The van der Waals surface area contributed by atoms with Gasteiger partial charge in [0.25, 0.3) is 0 Å². The quantitative estimate of drug-likeness (QED) is 0.622. The van der Waals surface area contributed by atoms with Crippen molar-refractivity contribution in [3.63, 3.8) is 0 Å². The van der Waals surface area contributed by atoms with Gasteiger partial charge in [0.15, 0.2) is 5.96 Å². The summed E-state index contributed by atoms with van der Waals surface area (Å²) in [7, 11) is 1.65. The molecule has 0 saturated heterocycles. The van der Waals surface area contributed by atoms with E-state index in [0.29, 0.717) is 23.6 Å². The van der Waals surface area contributed by atoms with Gasteiger partial charge in [0.1, 0.15) is 11.6 Å². The second-order valence-electron chi connectivity index (χ2n) is 5.44. The number of aryl methyl sites for hydroxylation is 2. The molecule has 25 heavy (non-hydrogen) atoms. The number of aliphatic imine (C=N–C) groups is 1. The van der Waals surface area contributed by atoms with Crippen LogP contribution in [-0.2, 0) is 25.9 Å². The largest absolute Gasteiger partial charge is 0.361 e. The van der Waals surface area contributed by atoms with E-state index in [1.165, 1.54) is 18.2 Å². The second kappa shape index (κ2) is 8.83. The molecule has 6 nitrogen and oxygen atoms in total. The van der Waals surface area contributed by atoms with Crippen LogP contribution in [0.1, 0.15) is 42.0 Å². The van der Waals surface area contributed by atoms with Crippen LogP contribution in [0.25, 0.3) is 0 Å². The topological polar surface area (TPSA) is 86.2 Å². The van der Waals surface area contributed by atoms with Crippen LogP contribution in [0.5, 0.6) is 0 Å². The number of nitriles is 1. The van der Waals surface area contributed by atoms with Crippen molar-refractivity contribution < 1.29 is 8.91 Å². The fourth-order valence-electron chi connectivity index (χ4n) is 2.49. The number of hydrogen-bond donors (Lipinski definition) is 2. The number of halogens is 1. The SMILES string of the molecule is CCc1noc(CC)c1CNC(=NC)NCc1cc(C#N)ccc1F. The molecule has 132 valence electrons. The summed E-state index contributed by atoms with van der Waals surface area (Å²) in [4.78, 5) is 4.14. The Hall–Kier alpha value is -2.88. The van der Waals surface area contributed by atoms with Crippen LogP contribution < -0.4 is 10.6 Å². The average molecular weight is 343 g/mol. The molecule has 1 aromatic heterocycles. The number of nitrogens with zero attached hydrogens (tertiary/aromatic N) is 3. The van der Waals surface area contributed by atoms with Crippen LogP contribution >= 0.6 is 0 Å². The van der Waals surface area contributed by atoms with Gasteiger partial charge in [-0.2, -0.15) is 5.26 Å². The Labute approximate surface area is 146 Å². The third-order valence-corrected chi connectivity index (χ3v) is 3.88. The molecule has 2 aromatic rings. The number of aromatic nitrogens is 1. The van der Waals surface area contributed by atoms with Crippen LogP contribution in [0, 0.1) is 17.1 Å². The summed E-state index contributed by atoms with van der Waals surface area (Å²) >= 11 is 0. The van der Waals surface area contributed by atoms with Gasteiger partial charge in [0, 0.05) is 37.7 Å². The molecule has 0 spiro atoms. The molecular weight excluding hydrogens is 321 g/mol.